The van der Waals surface area contributed by atoms with Crippen molar-refractivity contribution in [1.29, 1.82) is 0 Å². The Morgan fingerprint density at radius 2 is 1.95 bits per heavy atom. The van der Waals surface area contributed by atoms with E-state index in [0.29, 0.717) is 9.50 Å². The Hall–Kier alpha value is -1.10. The maximum absolute atomic E-state index is 13.2. The van der Waals surface area contributed by atoms with E-state index in [1.165, 1.54) is 12.1 Å². The molecule has 0 bridgehead atoms. The highest BCUT2D eigenvalue weighted by Gasteiger charge is 2.13. The van der Waals surface area contributed by atoms with Gasteiger partial charge in [-0.3, -0.25) is 4.79 Å². The zero-order chi connectivity index (χ0) is 14.0. The highest BCUT2D eigenvalue weighted by molar-refractivity contribution is 9.10. The molecule has 19 heavy (non-hydrogen) atoms. The molecule has 0 aliphatic carbocycles. The molecular weight excluding hydrogens is 356 g/mol. The molecule has 0 aromatic heterocycles. The van der Waals surface area contributed by atoms with Crippen molar-refractivity contribution in [3.8, 4) is 0 Å². The molecule has 0 radical (unpaired) electrons. The minimum atomic E-state index is -0.525. The second-order valence-corrected chi connectivity index (χ2v) is 5.38. The van der Waals surface area contributed by atoms with Gasteiger partial charge in [-0.1, -0.05) is 29.3 Å². The van der Waals surface area contributed by atoms with E-state index in [2.05, 4.69) is 21.2 Å². The van der Waals surface area contributed by atoms with E-state index < -0.39 is 11.7 Å². The van der Waals surface area contributed by atoms with Crippen LogP contribution in [0.3, 0.4) is 0 Å². The van der Waals surface area contributed by atoms with Crippen LogP contribution in [0.4, 0.5) is 10.1 Å². The molecule has 0 fully saturated rings. The summed E-state index contributed by atoms with van der Waals surface area (Å²) in [6.45, 7) is 0. The van der Waals surface area contributed by atoms with E-state index in [1.54, 1.807) is 18.2 Å². The van der Waals surface area contributed by atoms with Crippen molar-refractivity contribution < 1.29 is 9.18 Å². The monoisotopic (exact) mass is 361 g/mol. The molecule has 0 spiro atoms. The third kappa shape index (κ3) is 3.47. The van der Waals surface area contributed by atoms with E-state index >= 15 is 0 Å². The molecule has 2 aromatic carbocycles. The molecule has 1 N–H and O–H groups in total. The number of carbonyl (C=O) groups excluding carboxylic acids is 1. The van der Waals surface area contributed by atoms with E-state index in [1.807, 2.05) is 0 Å². The largest absolute Gasteiger partial charge is 0.322 e. The Balaban J connectivity index is 2.28. The average molecular weight is 363 g/mol. The van der Waals surface area contributed by atoms with Crippen LogP contribution in [0.25, 0.3) is 0 Å². The first-order valence-electron chi connectivity index (χ1n) is 5.19. The van der Waals surface area contributed by atoms with E-state index in [0.717, 1.165) is 6.07 Å². The molecule has 2 aromatic rings. The van der Waals surface area contributed by atoms with Crippen molar-refractivity contribution >= 4 is 50.7 Å². The summed E-state index contributed by atoms with van der Waals surface area (Å²) in [5.41, 5.74) is 0.558. The number of anilines is 1. The van der Waals surface area contributed by atoms with Crippen molar-refractivity contribution in [2.24, 2.45) is 0 Å². The van der Waals surface area contributed by atoms with Crippen LogP contribution < -0.4 is 5.32 Å². The number of hydrogen-bond acceptors (Lipinski definition) is 1. The number of amides is 1. The molecule has 0 saturated heterocycles. The van der Waals surface area contributed by atoms with Crippen LogP contribution in [0.15, 0.2) is 40.9 Å². The Morgan fingerprint density at radius 3 is 2.63 bits per heavy atom. The predicted octanol–water partition coefficient (Wildman–Crippen LogP) is 5.15. The van der Waals surface area contributed by atoms with Crippen molar-refractivity contribution in [2.75, 3.05) is 5.32 Å². The molecule has 0 heterocycles. The number of hydrogen-bond donors (Lipinski definition) is 1. The van der Waals surface area contributed by atoms with Gasteiger partial charge in [0, 0.05) is 15.2 Å². The first-order chi connectivity index (χ1) is 8.97. The molecule has 98 valence electrons. The molecule has 0 unspecified atom stereocenters. The van der Waals surface area contributed by atoms with Crippen molar-refractivity contribution in [2.45, 2.75) is 0 Å². The van der Waals surface area contributed by atoms with Crippen molar-refractivity contribution in [3.05, 3.63) is 62.3 Å². The molecule has 6 heteroatoms. The summed E-state index contributed by atoms with van der Waals surface area (Å²) in [4.78, 5) is 12.0. The summed E-state index contributed by atoms with van der Waals surface area (Å²) >= 11 is 15.0. The van der Waals surface area contributed by atoms with Gasteiger partial charge >= 0.3 is 0 Å². The van der Waals surface area contributed by atoms with Gasteiger partial charge in [0.1, 0.15) is 5.82 Å². The minimum absolute atomic E-state index is 0.204. The van der Waals surface area contributed by atoms with E-state index in [9.17, 15) is 9.18 Å². The van der Waals surface area contributed by atoms with Crippen LogP contribution in [0.1, 0.15) is 10.4 Å². The summed E-state index contributed by atoms with van der Waals surface area (Å²) in [7, 11) is 0. The standard InChI is InChI=1S/C13H7BrCl2FNO/c14-11-3-1-2-10(12(11)16)13(19)18-9-5-7(15)4-8(17)6-9/h1-6H,(H,18,19). The third-order valence-corrected chi connectivity index (χ3v) is 3.83. The quantitative estimate of drug-likeness (QED) is 0.786. The van der Waals surface area contributed by atoms with Crippen LogP contribution in [-0.2, 0) is 0 Å². The number of nitrogens with one attached hydrogen (secondary N) is 1. The Kier molecular flexibility index (Phi) is 4.45. The normalized spacial score (nSPS) is 10.3. The minimum Gasteiger partial charge on any atom is -0.322 e. The van der Waals surface area contributed by atoms with E-state index in [-0.39, 0.29) is 16.3 Å². The smallest absolute Gasteiger partial charge is 0.257 e. The average Bonchev–Trinajstić information content (AvgIpc) is 2.31. The summed E-state index contributed by atoms with van der Waals surface area (Å²) in [5.74, 6) is -0.962. The molecule has 1 amide bonds. The fourth-order valence-corrected chi connectivity index (χ4v) is 2.30. The lowest BCUT2D eigenvalue weighted by Crippen LogP contribution is -2.12. The molecule has 0 aliphatic rings. The van der Waals surface area contributed by atoms with Crippen LogP contribution in [0, 0.1) is 5.82 Å². The second-order valence-electron chi connectivity index (χ2n) is 3.71. The van der Waals surface area contributed by atoms with Gasteiger partial charge in [-0.05, 0) is 46.3 Å². The molecule has 2 rings (SSSR count). The SMILES string of the molecule is O=C(Nc1cc(F)cc(Cl)c1)c1cccc(Br)c1Cl. The topological polar surface area (TPSA) is 29.1 Å². The summed E-state index contributed by atoms with van der Waals surface area (Å²) in [6.07, 6.45) is 0. The van der Waals surface area contributed by atoms with Crippen LogP contribution in [0.5, 0.6) is 0 Å². The van der Waals surface area contributed by atoms with Crippen LogP contribution in [-0.4, -0.2) is 5.91 Å². The molecule has 0 atom stereocenters. The third-order valence-electron chi connectivity index (χ3n) is 2.32. The lowest BCUT2D eigenvalue weighted by molar-refractivity contribution is 0.102. The summed E-state index contributed by atoms with van der Waals surface area (Å²) < 4.78 is 13.8. The van der Waals surface area contributed by atoms with Crippen LogP contribution in [0.2, 0.25) is 10.0 Å². The second kappa shape index (κ2) is 5.90. The Morgan fingerprint density at radius 1 is 1.21 bits per heavy atom. The molecule has 0 saturated carbocycles. The Bertz CT molecular complexity index is 628. The highest BCUT2D eigenvalue weighted by Crippen LogP contribution is 2.27. The van der Waals surface area contributed by atoms with Gasteiger partial charge < -0.3 is 5.32 Å². The van der Waals surface area contributed by atoms with Gasteiger partial charge in [-0.15, -0.1) is 0 Å². The Labute approximate surface area is 127 Å². The van der Waals surface area contributed by atoms with Gasteiger partial charge in [0.05, 0.1) is 10.6 Å². The van der Waals surface area contributed by atoms with Gasteiger partial charge in [-0.2, -0.15) is 0 Å². The van der Waals surface area contributed by atoms with Crippen molar-refractivity contribution in [3.63, 3.8) is 0 Å². The van der Waals surface area contributed by atoms with Crippen molar-refractivity contribution in [1.82, 2.24) is 0 Å². The maximum atomic E-state index is 13.2. The molecule has 0 aliphatic heterocycles. The number of rotatable bonds is 2. The summed E-state index contributed by atoms with van der Waals surface area (Å²) in [5, 5.41) is 3.04. The number of halogens is 4. The summed E-state index contributed by atoms with van der Waals surface area (Å²) in [6, 6.07) is 8.76. The zero-order valence-electron chi connectivity index (χ0n) is 9.38. The van der Waals surface area contributed by atoms with Crippen LogP contribution >= 0.6 is 39.1 Å². The number of benzene rings is 2. The van der Waals surface area contributed by atoms with Gasteiger partial charge in [0.15, 0.2) is 0 Å². The zero-order valence-corrected chi connectivity index (χ0v) is 12.5. The molecule has 2 nitrogen and oxygen atoms in total. The van der Waals surface area contributed by atoms with E-state index in [4.69, 9.17) is 23.2 Å². The lowest BCUT2D eigenvalue weighted by Gasteiger charge is -2.08. The van der Waals surface area contributed by atoms with Gasteiger partial charge in [-0.25, -0.2) is 4.39 Å². The predicted molar refractivity (Wildman–Crippen MR) is 78.5 cm³/mol. The lowest BCUT2D eigenvalue weighted by atomic mass is 10.2. The maximum Gasteiger partial charge on any atom is 0.257 e. The number of carbonyl (C=O) groups is 1. The van der Waals surface area contributed by atoms with Gasteiger partial charge in [0.25, 0.3) is 5.91 Å². The fraction of sp³-hybridized carbons (Fsp3) is 0. The first kappa shape index (κ1) is 14.3. The fourth-order valence-electron chi connectivity index (χ4n) is 1.50. The highest BCUT2D eigenvalue weighted by atomic mass is 79.9. The molecular formula is C13H7BrCl2FNO. The van der Waals surface area contributed by atoms with Gasteiger partial charge in [0.2, 0.25) is 0 Å². The first-order valence-corrected chi connectivity index (χ1v) is 6.74.